The third-order valence-electron chi connectivity index (χ3n) is 2.34. The molecule has 1 aromatic carbocycles. The van der Waals surface area contributed by atoms with Crippen molar-refractivity contribution in [2.75, 3.05) is 19.8 Å². The SMILES string of the molecule is OCCCc1c(Br)ccc2c1OCCO2. The Labute approximate surface area is 97.1 Å². The molecular formula is C11H13BrO3. The first-order valence-electron chi connectivity index (χ1n) is 5.01. The van der Waals surface area contributed by atoms with E-state index in [9.17, 15) is 0 Å². The van der Waals surface area contributed by atoms with Gasteiger partial charge in [0.1, 0.15) is 13.2 Å². The highest BCUT2D eigenvalue weighted by Gasteiger charge is 2.17. The Kier molecular flexibility index (Phi) is 3.49. The highest BCUT2D eigenvalue weighted by atomic mass is 79.9. The Morgan fingerprint density at radius 3 is 2.87 bits per heavy atom. The van der Waals surface area contributed by atoms with Crippen LogP contribution in [0.5, 0.6) is 11.5 Å². The van der Waals surface area contributed by atoms with Gasteiger partial charge in [-0.2, -0.15) is 0 Å². The standard InChI is InChI=1S/C11H13BrO3/c12-9-3-4-10-11(15-7-6-14-10)8(9)2-1-5-13/h3-4,13H,1-2,5-7H2. The number of aliphatic hydroxyl groups excluding tert-OH is 1. The van der Waals surface area contributed by atoms with Crippen LogP contribution in [0, 0.1) is 0 Å². The van der Waals surface area contributed by atoms with Crippen LogP contribution in [0.3, 0.4) is 0 Å². The van der Waals surface area contributed by atoms with Crippen molar-refractivity contribution in [1.82, 2.24) is 0 Å². The molecule has 1 aromatic rings. The molecule has 0 aromatic heterocycles. The van der Waals surface area contributed by atoms with Crippen molar-refractivity contribution < 1.29 is 14.6 Å². The Balaban J connectivity index is 2.32. The lowest BCUT2D eigenvalue weighted by atomic mass is 10.1. The predicted octanol–water partition coefficient (Wildman–Crippen LogP) is 2.15. The summed E-state index contributed by atoms with van der Waals surface area (Å²) < 4.78 is 12.1. The maximum atomic E-state index is 8.84. The van der Waals surface area contributed by atoms with Crippen LogP contribution in [0.25, 0.3) is 0 Å². The smallest absolute Gasteiger partial charge is 0.165 e. The van der Waals surface area contributed by atoms with Crippen LogP contribution in [0.1, 0.15) is 12.0 Å². The monoisotopic (exact) mass is 272 g/mol. The molecular weight excluding hydrogens is 260 g/mol. The second-order valence-corrected chi connectivity index (χ2v) is 4.23. The number of hydrogen-bond donors (Lipinski definition) is 1. The van der Waals surface area contributed by atoms with E-state index in [1.54, 1.807) is 0 Å². The number of benzene rings is 1. The largest absolute Gasteiger partial charge is 0.486 e. The van der Waals surface area contributed by atoms with Gasteiger partial charge in [0, 0.05) is 16.6 Å². The lowest BCUT2D eigenvalue weighted by Crippen LogP contribution is -2.16. The molecule has 0 amide bonds. The van der Waals surface area contributed by atoms with Gasteiger partial charge in [0.05, 0.1) is 0 Å². The average molecular weight is 273 g/mol. The van der Waals surface area contributed by atoms with Crippen molar-refractivity contribution in [2.24, 2.45) is 0 Å². The quantitative estimate of drug-likeness (QED) is 0.917. The van der Waals surface area contributed by atoms with E-state index in [2.05, 4.69) is 15.9 Å². The Hall–Kier alpha value is -0.740. The minimum Gasteiger partial charge on any atom is -0.486 e. The molecule has 0 saturated heterocycles. The minimum absolute atomic E-state index is 0.191. The van der Waals surface area contributed by atoms with Gasteiger partial charge in [-0.1, -0.05) is 15.9 Å². The van der Waals surface area contributed by atoms with E-state index in [1.165, 1.54) is 0 Å². The van der Waals surface area contributed by atoms with E-state index < -0.39 is 0 Å². The van der Waals surface area contributed by atoms with Crippen LogP contribution in [-0.2, 0) is 6.42 Å². The molecule has 4 heteroatoms. The number of rotatable bonds is 3. The van der Waals surface area contributed by atoms with E-state index in [4.69, 9.17) is 14.6 Å². The minimum atomic E-state index is 0.191. The van der Waals surface area contributed by atoms with E-state index in [0.29, 0.717) is 13.2 Å². The summed E-state index contributed by atoms with van der Waals surface area (Å²) in [4.78, 5) is 0. The molecule has 15 heavy (non-hydrogen) atoms. The molecule has 1 heterocycles. The van der Waals surface area contributed by atoms with Gasteiger partial charge < -0.3 is 14.6 Å². The molecule has 0 aliphatic carbocycles. The molecule has 82 valence electrons. The van der Waals surface area contributed by atoms with Crippen LogP contribution in [-0.4, -0.2) is 24.9 Å². The van der Waals surface area contributed by atoms with Crippen molar-refractivity contribution in [3.05, 3.63) is 22.2 Å². The molecule has 2 rings (SSSR count). The van der Waals surface area contributed by atoms with Crippen molar-refractivity contribution in [3.8, 4) is 11.5 Å². The average Bonchev–Trinajstić information content (AvgIpc) is 2.28. The Morgan fingerprint density at radius 1 is 1.27 bits per heavy atom. The molecule has 0 spiro atoms. The highest BCUT2D eigenvalue weighted by molar-refractivity contribution is 9.10. The highest BCUT2D eigenvalue weighted by Crippen LogP contribution is 2.38. The number of hydrogen-bond acceptors (Lipinski definition) is 3. The number of fused-ring (bicyclic) bond motifs is 1. The molecule has 0 saturated carbocycles. The first-order valence-corrected chi connectivity index (χ1v) is 5.80. The summed E-state index contributed by atoms with van der Waals surface area (Å²) in [5.74, 6) is 1.63. The fraction of sp³-hybridized carbons (Fsp3) is 0.455. The zero-order valence-electron chi connectivity index (χ0n) is 8.33. The second-order valence-electron chi connectivity index (χ2n) is 3.38. The summed E-state index contributed by atoms with van der Waals surface area (Å²) in [6.45, 7) is 1.39. The zero-order chi connectivity index (χ0) is 10.7. The van der Waals surface area contributed by atoms with Crippen LogP contribution < -0.4 is 9.47 Å². The Bertz CT molecular complexity index is 352. The van der Waals surface area contributed by atoms with Gasteiger partial charge in [-0.3, -0.25) is 0 Å². The molecule has 0 bridgehead atoms. The van der Waals surface area contributed by atoms with E-state index in [1.807, 2.05) is 12.1 Å². The van der Waals surface area contributed by atoms with Gasteiger partial charge in [-0.25, -0.2) is 0 Å². The summed E-state index contributed by atoms with van der Waals surface area (Å²) in [7, 11) is 0. The first kappa shape index (κ1) is 10.8. The van der Waals surface area contributed by atoms with E-state index in [0.717, 1.165) is 34.4 Å². The molecule has 0 fully saturated rings. The fourth-order valence-corrected chi connectivity index (χ4v) is 2.15. The maximum Gasteiger partial charge on any atom is 0.165 e. The summed E-state index contributed by atoms with van der Waals surface area (Å²) >= 11 is 3.49. The molecule has 1 aliphatic heterocycles. The molecule has 0 atom stereocenters. The Morgan fingerprint density at radius 2 is 2.07 bits per heavy atom. The number of halogens is 1. The topological polar surface area (TPSA) is 38.7 Å². The van der Waals surface area contributed by atoms with E-state index >= 15 is 0 Å². The van der Waals surface area contributed by atoms with Gasteiger partial charge in [-0.05, 0) is 25.0 Å². The first-order chi connectivity index (χ1) is 7.33. The summed E-state index contributed by atoms with van der Waals surface area (Å²) in [5.41, 5.74) is 1.08. The summed E-state index contributed by atoms with van der Waals surface area (Å²) in [6, 6.07) is 3.86. The van der Waals surface area contributed by atoms with Crippen molar-refractivity contribution in [2.45, 2.75) is 12.8 Å². The third-order valence-corrected chi connectivity index (χ3v) is 3.08. The van der Waals surface area contributed by atoms with Gasteiger partial charge in [-0.15, -0.1) is 0 Å². The molecule has 1 N–H and O–H groups in total. The lowest BCUT2D eigenvalue weighted by molar-refractivity contribution is 0.169. The predicted molar refractivity (Wildman–Crippen MR) is 60.5 cm³/mol. The van der Waals surface area contributed by atoms with Gasteiger partial charge in [0.2, 0.25) is 0 Å². The van der Waals surface area contributed by atoms with Crippen LogP contribution in [0.2, 0.25) is 0 Å². The van der Waals surface area contributed by atoms with Crippen molar-refractivity contribution in [1.29, 1.82) is 0 Å². The molecule has 0 unspecified atom stereocenters. The van der Waals surface area contributed by atoms with Crippen molar-refractivity contribution in [3.63, 3.8) is 0 Å². The fourth-order valence-electron chi connectivity index (χ4n) is 1.64. The van der Waals surface area contributed by atoms with Crippen LogP contribution in [0.15, 0.2) is 16.6 Å². The van der Waals surface area contributed by atoms with Gasteiger partial charge >= 0.3 is 0 Å². The second kappa shape index (κ2) is 4.86. The third kappa shape index (κ3) is 2.26. The molecule has 1 aliphatic rings. The van der Waals surface area contributed by atoms with E-state index in [-0.39, 0.29) is 6.61 Å². The number of ether oxygens (including phenoxy) is 2. The van der Waals surface area contributed by atoms with Crippen LogP contribution in [0.4, 0.5) is 0 Å². The van der Waals surface area contributed by atoms with Gasteiger partial charge in [0.15, 0.2) is 11.5 Å². The lowest BCUT2D eigenvalue weighted by Gasteiger charge is -2.21. The summed E-state index contributed by atoms with van der Waals surface area (Å²) in [5, 5.41) is 8.84. The zero-order valence-corrected chi connectivity index (χ0v) is 9.92. The summed E-state index contributed by atoms with van der Waals surface area (Å²) in [6.07, 6.45) is 1.53. The van der Waals surface area contributed by atoms with Gasteiger partial charge in [0.25, 0.3) is 0 Å². The maximum absolute atomic E-state index is 8.84. The van der Waals surface area contributed by atoms with Crippen molar-refractivity contribution >= 4 is 15.9 Å². The van der Waals surface area contributed by atoms with Crippen LogP contribution >= 0.6 is 15.9 Å². The normalized spacial score (nSPS) is 14.0. The molecule has 0 radical (unpaired) electrons. The molecule has 3 nitrogen and oxygen atoms in total. The number of aliphatic hydroxyl groups is 1.